The van der Waals surface area contributed by atoms with E-state index in [9.17, 15) is 9.59 Å². The van der Waals surface area contributed by atoms with E-state index in [0.717, 1.165) is 0 Å². The molecule has 0 spiro atoms. The van der Waals surface area contributed by atoms with Crippen molar-refractivity contribution >= 4 is 45.7 Å². The minimum atomic E-state index is -0.179. The molecule has 1 heterocycles. The molecule has 2 aromatic rings. The molecular weight excluding hydrogens is 346 g/mol. The quantitative estimate of drug-likeness (QED) is 0.730. The second kappa shape index (κ2) is 8.65. The molecule has 0 aliphatic carbocycles. The number of benzene rings is 1. The second-order valence-corrected chi connectivity index (χ2v) is 7.03. The summed E-state index contributed by atoms with van der Waals surface area (Å²) in [5.74, 6) is -0.0286. The summed E-state index contributed by atoms with van der Waals surface area (Å²) in [5, 5.41) is 10.7. The van der Waals surface area contributed by atoms with Crippen LogP contribution in [-0.4, -0.2) is 45.8 Å². The third-order valence-corrected chi connectivity index (χ3v) is 5.08. The Morgan fingerprint density at radius 3 is 2.67 bits per heavy atom. The molecule has 0 radical (unpaired) electrons. The molecule has 24 heavy (non-hydrogen) atoms. The van der Waals surface area contributed by atoms with E-state index in [1.54, 1.807) is 29.2 Å². The van der Waals surface area contributed by atoms with E-state index in [0.29, 0.717) is 33.8 Å². The highest BCUT2D eigenvalue weighted by atomic mass is 32.2. The van der Waals surface area contributed by atoms with Crippen molar-refractivity contribution in [1.82, 2.24) is 15.1 Å². The third-order valence-electron chi connectivity index (χ3n) is 3.19. The monoisotopic (exact) mass is 365 g/mol. The zero-order valence-electron chi connectivity index (χ0n) is 13.5. The number of aromatic nitrogens is 2. The van der Waals surface area contributed by atoms with Gasteiger partial charge in [0.2, 0.25) is 11.0 Å². The third kappa shape index (κ3) is 4.93. The van der Waals surface area contributed by atoms with Gasteiger partial charge in [-0.05, 0) is 32.0 Å². The lowest BCUT2D eigenvalue weighted by Crippen LogP contribution is -2.30. The van der Waals surface area contributed by atoms with Gasteiger partial charge in [-0.1, -0.05) is 29.2 Å². The van der Waals surface area contributed by atoms with Crippen LogP contribution in [0.1, 0.15) is 24.2 Å². The number of hydrogen-bond donors (Lipinski definition) is 2. The Balaban J connectivity index is 1.95. The minimum Gasteiger partial charge on any atom is -0.374 e. The highest BCUT2D eigenvalue weighted by Crippen LogP contribution is 2.23. The van der Waals surface area contributed by atoms with Gasteiger partial charge >= 0.3 is 0 Å². The highest BCUT2D eigenvalue weighted by molar-refractivity contribution is 8.01. The van der Waals surface area contributed by atoms with Gasteiger partial charge in [-0.3, -0.25) is 9.59 Å². The molecule has 9 heteroatoms. The van der Waals surface area contributed by atoms with Crippen LogP contribution >= 0.6 is 23.1 Å². The summed E-state index contributed by atoms with van der Waals surface area (Å²) in [6.07, 6.45) is 0. The second-order valence-electron chi connectivity index (χ2n) is 4.80. The average molecular weight is 365 g/mol. The summed E-state index contributed by atoms with van der Waals surface area (Å²) in [6, 6.07) is 6.94. The van der Waals surface area contributed by atoms with E-state index in [1.165, 1.54) is 23.1 Å². The molecule has 128 valence electrons. The first kappa shape index (κ1) is 18.2. The highest BCUT2D eigenvalue weighted by Gasteiger charge is 2.13. The van der Waals surface area contributed by atoms with E-state index in [-0.39, 0.29) is 17.6 Å². The van der Waals surface area contributed by atoms with Gasteiger partial charge in [-0.25, -0.2) is 0 Å². The molecule has 2 rings (SSSR count). The van der Waals surface area contributed by atoms with Crippen molar-refractivity contribution in [2.45, 2.75) is 18.2 Å². The number of carbonyl (C=O) groups excluding carboxylic acids is 2. The molecule has 0 aliphatic heterocycles. The Kier molecular flexibility index (Phi) is 6.56. The summed E-state index contributed by atoms with van der Waals surface area (Å²) < 4.78 is 0.646. The van der Waals surface area contributed by atoms with Gasteiger partial charge in [-0.15, -0.1) is 10.2 Å². The molecule has 0 unspecified atom stereocenters. The number of rotatable bonds is 7. The van der Waals surface area contributed by atoms with E-state index in [2.05, 4.69) is 15.5 Å². The van der Waals surface area contributed by atoms with Gasteiger partial charge in [0.05, 0.1) is 5.75 Å². The maximum absolute atomic E-state index is 12.3. The first-order chi connectivity index (χ1) is 11.5. The Labute approximate surface area is 148 Å². The first-order valence-electron chi connectivity index (χ1n) is 7.44. The number of thioether (sulfide) groups is 1. The number of amides is 2. The summed E-state index contributed by atoms with van der Waals surface area (Å²) in [7, 11) is 0. The predicted octanol–water partition coefficient (Wildman–Crippen LogP) is 2.33. The lowest BCUT2D eigenvalue weighted by molar-refractivity contribution is -0.113. The standard InChI is InChI=1S/C15H19N5O2S2/c1-3-20(4-2)13(22)10-6-5-7-11(8-10)17-12(21)9-23-15-19-18-14(16)24-15/h5-8H,3-4,9H2,1-2H3,(H2,16,18)(H,17,21). The molecule has 7 nitrogen and oxygen atoms in total. The van der Waals surface area contributed by atoms with Crippen molar-refractivity contribution < 1.29 is 9.59 Å². The van der Waals surface area contributed by atoms with Crippen molar-refractivity contribution in [3.8, 4) is 0 Å². The summed E-state index contributed by atoms with van der Waals surface area (Å²) in [5.41, 5.74) is 6.65. The number of anilines is 2. The van der Waals surface area contributed by atoms with Crippen molar-refractivity contribution in [3.63, 3.8) is 0 Å². The van der Waals surface area contributed by atoms with Crippen LogP contribution in [0, 0.1) is 0 Å². The largest absolute Gasteiger partial charge is 0.374 e. The summed E-state index contributed by atoms with van der Waals surface area (Å²) in [6.45, 7) is 5.16. The summed E-state index contributed by atoms with van der Waals surface area (Å²) >= 11 is 2.51. The molecular formula is C15H19N5O2S2. The van der Waals surface area contributed by atoms with Crippen molar-refractivity contribution in [3.05, 3.63) is 29.8 Å². The average Bonchev–Trinajstić information content (AvgIpc) is 3.00. The fourth-order valence-electron chi connectivity index (χ4n) is 2.03. The minimum absolute atomic E-state index is 0.0465. The maximum atomic E-state index is 12.3. The molecule has 0 aliphatic rings. The van der Waals surface area contributed by atoms with Gasteiger partial charge in [0.15, 0.2) is 4.34 Å². The van der Waals surface area contributed by atoms with E-state index < -0.39 is 0 Å². The molecule has 0 saturated carbocycles. The molecule has 0 bridgehead atoms. The topological polar surface area (TPSA) is 101 Å². The Morgan fingerprint density at radius 1 is 1.29 bits per heavy atom. The number of nitrogen functional groups attached to an aromatic ring is 1. The van der Waals surface area contributed by atoms with E-state index >= 15 is 0 Å². The molecule has 2 amide bonds. The molecule has 1 aromatic heterocycles. The SMILES string of the molecule is CCN(CC)C(=O)c1cccc(NC(=O)CSc2nnc(N)s2)c1. The summed E-state index contributed by atoms with van der Waals surface area (Å²) in [4.78, 5) is 26.1. The van der Waals surface area contributed by atoms with Crippen LogP contribution in [0.25, 0.3) is 0 Å². The molecule has 0 fully saturated rings. The van der Waals surface area contributed by atoms with Crippen molar-refractivity contribution in [1.29, 1.82) is 0 Å². The van der Waals surface area contributed by atoms with Crippen molar-refractivity contribution in [2.24, 2.45) is 0 Å². The van der Waals surface area contributed by atoms with Crippen LogP contribution in [0.5, 0.6) is 0 Å². The Bertz CT molecular complexity index is 715. The van der Waals surface area contributed by atoms with Crippen LogP contribution in [0.2, 0.25) is 0 Å². The normalized spacial score (nSPS) is 10.4. The molecule has 3 N–H and O–H groups in total. The fraction of sp³-hybridized carbons (Fsp3) is 0.333. The number of nitrogens with one attached hydrogen (secondary N) is 1. The van der Waals surface area contributed by atoms with Crippen LogP contribution in [-0.2, 0) is 4.79 Å². The lowest BCUT2D eigenvalue weighted by Gasteiger charge is -2.19. The number of nitrogens with zero attached hydrogens (tertiary/aromatic N) is 3. The smallest absolute Gasteiger partial charge is 0.253 e. The van der Waals surface area contributed by atoms with Gasteiger partial charge < -0.3 is 16.0 Å². The zero-order valence-corrected chi connectivity index (χ0v) is 15.1. The predicted molar refractivity (Wildman–Crippen MR) is 97.4 cm³/mol. The van der Waals surface area contributed by atoms with Gasteiger partial charge in [0, 0.05) is 24.3 Å². The number of carbonyl (C=O) groups is 2. The molecule has 0 saturated heterocycles. The van der Waals surface area contributed by atoms with E-state index in [1.807, 2.05) is 13.8 Å². The Hall–Kier alpha value is -2.13. The Morgan fingerprint density at radius 2 is 2.04 bits per heavy atom. The van der Waals surface area contributed by atoms with Gasteiger partial charge in [-0.2, -0.15) is 0 Å². The van der Waals surface area contributed by atoms with Crippen molar-refractivity contribution in [2.75, 3.05) is 29.9 Å². The van der Waals surface area contributed by atoms with Crippen LogP contribution in [0.4, 0.5) is 10.8 Å². The molecule has 1 aromatic carbocycles. The number of nitrogens with two attached hydrogens (primary N) is 1. The fourth-order valence-corrected chi connectivity index (χ4v) is 3.46. The zero-order chi connectivity index (χ0) is 17.5. The first-order valence-corrected chi connectivity index (χ1v) is 9.24. The van der Waals surface area contributed by atoms with Crippen LogP contribution in [0.3, 0.4) is 0 Å². The van der Waals surface area contributed by atoms with Crippen LogP contribution < -0.4 is 11.1 Å². The lowest BCUT2D eigenvalue weighted by atomic mass is 10.1. The van der Waals surface area contributed by atoms with Gasteiger partial charge in [0.25, 0.3) is 5.91 Å². The van der Waals surface area contributed by atoms with Crippen LogP contribution in [0.15, 0.2) is 28.6 Å². The maximum Gasteiger partial charge on any atom is 0.253 e. The molecule has 0 atom stereocenters. The number of hydrogen-bond acceptors (Lipinski definition) is 7. The van der Waals surface area contributed by atoms with Gasteiger partial charge in [0.1, 0.15) is 0 Å². The van der Waals surface area contributed by atoms with E-state index in [4.69, 9.17) is 5.73 Å².